The molecule has 37 heavy (non-hydrogen) atoms. The fourth-order valence-electron chi connectivity index (χ4n) is 3.57. The van der Waals surface area contributed by atoms with Crippen LogP contribution in [0.2, 0.25) is 0 Å². The summed E-state index contributed by atoms with van der Waals surface area (Å²) in [7, 11) is 0. The number of ether oxygens (including phenoxy) is 2. The fraction of sp³-hybridized carbons (Fsp3) is 0.115. The van der Waals surface area contributed by atoms with Crippen molar-refractivity contribution in [3.05, 3.63) is 94.0 Å². The third-order valence-corrected chi connectivity index (χ3v) is 5.18. The highest BCUT2D eigenvalue weighted by atomic mass is 16.6. The van der Waals surface area contributed by atoms with E-state index in [1.165, 1.54) is 12.1 Å². The van der Waals surface area contributed by atoms with Crippen molar-refractivity contribution >= 4 is 40.9 Å². The molecule has 1 fully saturated rings. The number of nitrogens with zero attached hydrogens (tertiary/aromatic N) is 2. The second-order valence-electron chi connectivity index (χ2n) is 7.74. The topological polar surface area (TPSA) is 140 Å². The summed E-state index contributed by atoms with van der Waals surface area (Å²) in [5.74, 6) is -2.06. The molecule has 1 aliphatic rings. The van der Waals surface area contributed by atoms with E-state index in [9.17, 15) is 24.5 Å². The maximum atomic E-state index is 12.9. The molecule has 2 N–H and O–H groups in total. The highest BCUT2D eigenvalue weighted by Crippen LogP contribution is 2.39. The van der Waals surface area contributed by atoms with Gasteiger partial charge in [0.15, 0.2) is 12.4 Å². The molecule has 0 aliphatic carbocycles. The lowest BCUT2D eigenvalue weighted by Crippen LogP contribution is -2.35. The van der Waals surface area contributed by atoms with Crippen LogP contribution in [0.5, 0.6) is 11.5 Å². The molecule has 0 atom stereocenters. The van der Waals surface area contributed by atoms with E-state index >= 15 is 0 Å². The van der Waals surface area contributed by atoms with E-state index in [1.54, 1.807) is 67.6 Å². The number of anilines is 2. The van der Waals surface area contributed by atoms with Crippen LogP contribution in [0.1, 0.15) is 12.5 Å². The van der Waals surface area contributed by atoms with Gasteiger partial charge in [0.1, 0.15) is 5.57 Å². The number of carbonyl (C=O) groups excluding carboxylic acids is 3. The Morgan fingerprint density at radius 2 is 1.73 bits per heavy atom. The Bertz CT molecular complexity index is 1370. The number of nitro groups is 1. The van der Waals surface area contributed by atoms with Crippen molar-refractivity contribution in [2.45, 2.75) is 6.92 Å². The molecule has 0 spiro atoms. The second-order valence-corrected chi connectivity index (χ2v) is 7.74. The van der Waals surface area contributed by atoms with Crippen molar-refractivity contribution in [2.24, 2.45) is 0 Å². The van der Waals surface area contributed by atoms with Gasteiger partial charge in [-0.05, 0) is 48.9 Å². The van der Waals surface area contributed by atoms with Gasteiger partial charge in [-0.3, -0.25) is 29.9 Å². The molecule has 3 aromatic carbocycles. The van der Waals surface area contributed by atoms with Gasteiger partial charge in [0.2, 0.25) is 5.75 Å². The number of nitro benzene ring substituents is 1. The number of nitrogens with one attached hydrogen (secondary N) is 2. The number of para-hydroxylation sites is 2. The molecule has 4 rings (SSSR count). The largest absolute Gasteiger partial charge is 0.490 e. The van der Waals surface area contributed by atoms with E-state index in [1.807, 2.05) is 0 Å². The van der Waals surface area contributed by atoms with Crippen LogP contribution in [0, 0.1) is 10.1 Å². The standard InChI is InChI=1S/C26H22N4O7/c1-2-36-22-15-17(13-20-25(32)28-29(26(20)33)19-11-7-4-8-12-19)14-21(30(34)35)24(22)37-16-23(31)27-18-9-5-3-6-10-18/h3-15H,2,16H2,1H3,(H,27,31)(H,28,32)/b20-13-. The average molecular weight is 502 g/mol. The first-order valence-corrected chi connectivity index (χ1v) is 11.2. The van der Waals surface area contributed by atoms with E-state index < -0.39 is 34.9 Å². The molecule has 3 amide bonds. The number of amides is 3. The summed E-state index contributed by atoms with van der Waals surface area (Å²) in [4.78, 5) is 48.9. The summed E-state index contributed by atoms with van der Waals surface area (Å²) in [6.07, 6.45) is 1.24. The molecule has 0 radical (unpaired) electrons. The van der Waals surface area contributed by atoms with Gasteiger partial charge in [-0.25, -0.2) is 5.01 Å². The summed E-state index contributed by atoms with van der Waals surface area (Å²) in [5.41, 5.74) is 2.95. The van der Waals surface area contributed by atoms with Gasteiger partial charge in [-0.15, -0.1) is 0 Å². The van der Waals surface area contributed by atoms with Crippen molar-refractivity contribution in [3.63, 3.8) is 0 Å². The minimum Gasteiger partial charge on any atom is -0.490 e. The molecule has 0 bridgehead atoms. The van der Waals surface area contributed by atoms with Crippen LogP contribution >= 0.6 is 0 Å². The third-order valence-electron chi connectivity index (χ3n) is 5.18. The predicted octanol–water partition coefficient (Wildman–Crippen LogP) is 3.47. The molecule has 3 aromatic rings. The SMILES string of the molecule is CCOc1cc(/C=C2/C(=O)NN(c3ccccc3)C2=O)cc([N+](=O)[O-])c1OCC(=O)Nc1ccccc1. The lowest BCUT2D eigenvalue weighted by Gasteiger charge is -2.14. The Morgan fingerprint density at radius 3 is 2.38 bits per heavy atom. The van der Waals surface area contributed by atoms with Crippen LogP contribution in [0.15, 0.2) is 78.4 Å². The van der Waals surface area contributed by atoms with Gasteiger partial charge < -0.3 is 14.8 Å². The molecule has 11 heteroatoms. The second kappa shape index (κ2) is 11.0. The lowest BCUT2D eigenvalue weighted by atomic mass is 10.1. The summed E-state index contributed by atoms with van der Waals surface area (Å²) >= 11 is 0. The molecule has 0 aromatic heterocycles. The van der Waals surface area contributed by atoms with Gasteiger partial charge in [-0.1, -0.05) is 36.4 Å². The van der Waals surface area contributed by atoms with E-state index in [4.69, 9.17) is 9.47 Å². The molecule has 1 saturated heterocycles. The zero-order valence-electron chi connectivity index (χ0n) is 19.7. The van der Waals surface area contributed by atoms with Crippen molar-refractivity contribution in [1.82, 2.24) is 5.43 Å². The van der Waals surface area contributed by atoms with Gasteiger partial charge in [0, 0.05) is 11.8 Å². The number of carbonyl (C=O) groups is 3. The first-order valence-electron chi connectivity index (χ1n) is 11.2. The Balaban J connectivity index is 1.62. The first-order chi connectivity index (χ1) is 17.9. The van der Waals surface area contributed by atoms with E-state index in [0.29, 0.717) is 11.4 Å². The molecular formula is C26H22N4O7. The first kappa shape index (κ1) is 24.9. The van der Waals surface area contributed by atoms with Crippen LogP contribution in [0.4, 0.5) is 17.1 Å². The summed E-state index contributed by atoms with van der Waals surface area (Å²) in [6, 6.07) is 19.7. The highest BCUT2D eigenvalue weighted by Gasteiger charge is 2.35. The molecule has 0 unspecified atom stereocenters. The monoisotopic (exact) mass is 502 g/mol. The minimum absolute atomic E-state index is 0.0122. The number of hydrazine groups is 1. The smallest absolute Gasteiger partial charge is 0.315 e. The van der Waals surface area contributed by atoms with Gasteiger partial charge in [0.25, 0.3) is 17.7 Å². The van der Waals surface area contributed by atoms with Gasteiger partial charge in [0.05, 0.1) is 17.2 Å². The zero-order valence-corrected chi connectivity index (χ0v) is 19.7. The quantitative estimate of drug-likeness (QED) is 0.198. The minimum atomic E-state index is -0.693. The third kappa shape index (κ3) is 5.73. The van der Waals surface area contributed by atoms with E-state index in [-0.39, 0.29) is 29.2 Å². The maximum Gasteiger partial charge on any atom is 0.315 e. The van der Waals surface area contributed by atoms with Crippen LogP contribution in [-0.2, 0) is 14.4 Å². The highest BCUT2D eigenvalue weighted by molar-refractivity contribution is 6.31. The Labute approximate surface area is 211 Å². The van der Waals surface area contributed by atoms with Crippen molar-refractivity contribution in [3.8, 4) is 11.5 Å². The Kier molecular flexibility index (Phi) is 7.43. The maximum absolute atomic E-state index is 12.9. The summed E-state index contributed by atoms with van der Waals surface area (Å²) in [6.45, 7) is 1.31. The van der Waals surface area contributed by atoms with E-state index in [2.05, 4.69) is 10.7 Å². The van der Waals surface area contributed by atoms with Crippen molar-refractivity contribution in [2.75, 3.05) is 23.5 Å². The number of hydrogen-bond donors (Lipinski definition) is 2. The Hall–Kier alpha value is -5.19. The molecule has 1 aliphatic heterocycles. The van der Waals surface area contributed by atoms with Crippen LogP contribution in [0.25, 0.3) is 6.08 Å². The number of benzene rings is 3. The predicted molar refractivity (Wildman–Crippen MR) is 135 cm³/mol. The fourth-order valence-corrected chi connectivity index (χ4v) is 3.57. The normalized spacial score (nSPS) is 13.9. The lowest BCUT2D eigenvalue weighted by molar-refractivity contribution is -0.385. The number of hydrogen-bond acceptors (Lipinski definition) is 7. The molecule has 188 valence electrons. The molecule has 1 heterocycles. The molecule has 0 saturated carbocycles. The van der Waals surface area contributed by atoms with E-state index in [0.717, 1.165) is 11.1 Å². The van der Waals surface area contributed by atoms with Crippen molar-refractivity contribution < 1.29 is 28.8 Å². The van der Waals surface area contributed by atoms with Gasteiger partial charge >= 0.3 is 5.69 Å². The average Bonchev–Trinajstić information content (AvgIpc) is 3.17. The zero-order chi connectivity index (χ0) is 26.4. The van der Waals surface area contributed by atoms with Crippen LogP contribution in [-0.4, -0.2) is 35.9 Å². The summed E-state index contributed by atoms with van der Waals surface area (Å²) in [5, 5.41) is 15.6. The number of rotatable bonds is 9. The van der Waals surface area contributed by atoms with Crippen molar-refractivity contribution in [1.29, 1.82) is 0 Å². The van der Waals surface area contributed by atoms with Crippen LogP contribution < -0.4 is 25.2 Å². The summed E-state index contributed by atoms with van der Waals surface area (Å²) < 4.78 is 11.0. The molecule has 11 nitrogen and oxygen atoms in total. The van der Waals surface area contributed by atoms with Crippen LogP contribution in [0.3, 0.4) is 0 Å². The van der Waals surface area contributed by atoms with Gasteiger partial charge in [-0.2, -0.15) is 0 Å². The molecular weight excluding hydrogens is 480 g/mol. The Morgan fingerprint density at radius 1 is 1.05 bits per heavy atom.